The van der Waals surface area contributed by atoms with Gasteiger partial charge in [0.05, 0.1) is 0 Å². The lowest BCUT2D eigenvalue weighted by atomic mass is 10.1. The first-order chi connectivity index (χ1) is 13.2. The van der Waals surface area contributed by atoms with Crippen LogP contribution >= 0.6 is 24.8 Å². The van der Waals surface area contributed by atoms with Crippen LogP contribution in [-0.2, 0) is 13.6 Å². The van der Waals surface area contributed by atoms with Gasteiger partial charge in [-0.15, -0.1) is 24.8 Å². The Morgan fingerprint density at radius 1 is 1.24 bits per heavy atom. The van der Waals surface area contributed by atoms with Gasteiger partial charge in [0.25, 0.3) is 5.91 Å². The number of carbonyl (C=O) groups is 1. The maximum atomic E-state index is 13.2. The summed E-state index contributed by atoms with van der Waals surface area (Å²) < 4.78 is 2.00. The van der Waals surface area contributed by atoms with Gasteiger partial charge in [0, 0.05) is 57.2 Å². The van der Waals surface area contributed by atoms with Crippen molar-refractivity contribution in [3.05, 3.63) is 53.6 Å². The number of aromatic nitrogens is 2. The first-order valence-corrected chi connectivity index (χ1v) is 9.99. The topological polar surface area (TPSA) is 53.4 Å². The van der Waals surface area contributed by atoms with Crippen LogP contribution in [0.2, 0.25) is 0 Å². The standard InChI is InChI=1S/C21H29N5O.2ClH/c1-3-25(18-8-9-18)15-16-4-6-17(7-5-16)21(27)26-13-10-22-14-19(26)20-23-11-12-24(20)2;;/h4-7,11-12,18-19,22H,3,8-10,13-15H2,1-2H3;2*1H. The highest BCUT2D eigenvalue weighted by Crippen LogP contribution is 2.28. The van der Waals surface area contributed by atoms with Crippen LogP contribution in [0.4, 0.5) is 0 Å². The summed E-state index contributed by atoms with van der Waals surface area (Å²) in [5, 5.41) is 3.39. The Kier molecular flexibility index (Phi) is 8.52. The number of imidazole rings is 1. The van der Waals surface area contributed by atoms with Crippen molar-refractivity contribution in [1.29, 1.82) is 0 Å². The Morgan fingerprint density at radius 2 is 1.97 bits per heavy atom. The molecule has 2 aliphatic rings. The van der Waals surface area contributed by atoms with Crippen LogP contribution in [0.5, 0.6) is 0 Å². The van der Waals surface area contributed by atoms with Crippen molar-refractivity contribution in [2.45, 2.75) is 38.4 Å². The molecule has 1 saturated heterocycles. The summed E-state index contributed by atoms with van der Waals surface area (Å²) in [5.41, 5.74) is 2.04. The monoisotopic (exact) mass is 439 g/mol. The fourth-order valence-corrected chi connectivity index (χ4v) is 3.97. The number of piperazine rings is 1. The van der Waals surface area contributed by atoms with E-state index in [1.807, 2.05) is 34.8 Å². The largest absolute Gasteiger partial charge is 0.336 e. The third-order valence-electron chi connectivity index (χ3n) is 5.72. The maximum Gasteiger partial charge on any atom is 0.254 e. The average Bonchev–Trinajstić information content (AvgIpc) is 3.46. The zero-order valence-electron chi connectivity index (χ0n) is 17.1. The van der Waals surface area contributed by atoms with Crippen LogP contribution in [0, 0.1) is 0 Å². The summed E-state index contributed by atoms with van der Waals surface area (Å²) in [6, 6.07) is 8.91. The Morgan fingerprint density at radius 3 is 2.55 bits per heavy atom. The van der Waals surface area contributed by atoms with E-state index < -0.39 is 0 Å². The Labute approximate surface area is 185 Å². The number of amides is 1. The predicted octanol–water partition coefficient (Wildman–Crippen LogP) is 3.03. The van der Waals surface area contributed by atoms with Crippen LogP contribution in [0.1, 0.15) is 47.6 Å². The highest BCUT2D eigenvalue weighted by molar-refractivity contribution is 5.94. The molecule has 0 radical (unpaired) electrons. The van der Waals surface area contributed by atoms with Gasteiger partial charge in [-0.2, -0.15) is 0 Å². The van der Waals surface area contributed by atoms with Crippen molar-refractivity contribution >= 4 is 30.7 Å². The molecule has 8 heteroatoms. The number of nitrogens with zero attached hydrogens (tertiary/aromatic N) is 4. The second-order valence-electron chi connectivity index (χ2n) is 7.61. The molecule has 29 heavy (non-hydrogen) atoms. The number of carbonyl (C=O) groups excluding carboxylic acids is 1. The molecule has 1 aromatic heterocycles. The molecule has 1 saturated carbocycles. The Hall–Kier alpha value is -1.60. The minimum absolute atomic E-state index is 0. The van der Waals surface area contributed by atoms with Gasteiger partial charge in [-0.25, -0.2) is 4.98 Å². The molecule has 1 aliphatic carbocycles. The molecule has 0 spiro atoms. The van der Waals surface area contributed by atoms with Crippen LogP contribution in [0.3, 0.4) is 0 Å². The molecule has 2 fully saturated rings. The van der Waals surface area contributed by atoms with E-state index in [2.05, 4.69) is 34.3 Å². The van der Waals surface area contributed by atoms with Crippen LogP contribution in [0.15, 0.2) is 36.7 Å². The SMILES string of the molecule is CCN(Cc1ccc(C(=O)N2CCNCC2c2nccn2C)cc1)C1CC1.Cl.Cl. The molecule has 6 nitrogen and oxygen atoms in total. The van der Waals surface area contributed by atoms with Crippen molar-refractivity contribution in [2.75, 3.05) is 26.2 Å². The predicted molar refractivity (Wildman–Crippen MR) is 120 cm³/mol. The Bertz CT molecular complexity index is 791. The second-order valence-corrected chi connectivity index (χ2v) is 7.61. The molecule has 1 N–H and O–H groups in total. The van der Waals surface area contributed by atoms with Gasteiger partial charge < -0.3 is 14.8 Å². The number of benzene rings is 1. The summed E-state index contributed by atoms with van der Waals surface area (Å²) >= 11 is 0. The molecule has 1 unspecified atom stereocenters. The average molecular weight is 440 g/mol. The molecule has 1 amide bonds. The fraction of sp³-hybridized carbons (Fsp3) is 0.524. The zero-order valence-corrected chi connectivity index (χ0v) is 18.7. The van der Waals surface area contributed by atoms with Gasteiger partial charge in [-0.3, -0.25) is 9.69 Å². The van der Waals surface area contributed by atoms with Crippen molar-refractivity contribution in [3.63, 3.8) is 0 Å². The smallest absolute Gasteiger partial charge is 0.254 e. The second kappa shape index (κ2) is 10.4. The van der Waals surface area contributed by atoms with E-state index in [4.69, 9.17) is 0 Å². The first-order valence-electron chi connectivity index (χ1n) is 9.99. The summed E-state index contributed by atoms with van der Waals surface area (Å²) in [6.07, 6.45) is 6.37. The molecular formula is C21H31Cl2N5O. The van der Waals surface area contributed by atoms with Gasteiger partial charge in [-0.1, -0.05) is 19.1 Å². The van der Waals surface area contributed by atoms with Gasteiger partial charge in [0.1, 0.15) is 11.9 Å². The van der Waals surface area contributed by atoms with Crippen molar-refractivity contribution in [1.82, 2.24) is 24.7 Å². The molecule has 1 aromatic carbocycles. The van der Waals surface area contributed by atoms with E-state index in [0.29, 0.717) is 6.54 Å². The maximum absolute atomic E-state index is 13.2. The summed E-state index contributed by atoms with van der Waals surface area (Å²) in [5.74, 6) is 1.01. The lowest BCUT2D eigenvalue weighted by molar-refractivity contribution is 0.0621. The number of rotatable bonds is 6. The number of nitrogens with one attached hydrogen (secondary N) is 1. The molecule has 4 rings (SSSR count). The fourth-order valence-electron chi connectivity index (χ4n) is 3.97. The van der Waals surface area contributed by atoms with E-state index >= 15 is 0 Å². The van der Waals surface area contributed by atoms with E-state index in [1.54, 1.807) is 6.20 Å². The van der Waals surface area contributed by atoms with Gasteiger partial charge >= 0.3 is 0 Å². The van der Waals surface area contributed by atoms with Gasteiger partial charge in [0.2, 0.25) is 0 Å². The molecule has 1 aliphatic heterocycles. The van der Waals surface area contributed by atoms with E-state index in [0.717, 1.165) is 43.6 Å². The minimum Gasteiger partial charge on any atom is -0.336 e. The lowest BCUT2D eigenvalue weighted by Crippen LogP contribution is -2.49. The van der Waals surface area contributed by atoms with Crippen molar-refractivity contribution in [3.8, 4) is 0 Å². The number of hydrogen-bond acceptors (Lipinski definition) is 4. The van der Waals surface area contributed by atoms with Crippen LogP contribution in [-0.4, -0.2) is 57.5 Å². The quantitative estimate of drug-likeness (QED) is 0.751. The molecule has 0 bridgehead atoms. The van der Waals surface area contributed by atoms with Gasteiger partial charge in [0.15, 0.2) is 0 Å². The number of aryl methyl sites for hydroxylation is 1. The minimum atomic E-state index is -0.0311. The zero-order chi connectivity index (χ0) is 18.8. The molecule has 2 aromatic rings. The number of halogens is 2. The number of hydrogen-bond donors (Lipinski definition) is 1. The summed E-state index contributed by atoms with van der Waals surface area (Å²) in [7, 11) is 1.98. The first kappa shape index (κ1) is 23.7. The summed E-state index contributed by atoms with van der Waals surface area (Å²) in [4.78, 5) is 22.1. The molecular weight excluding hydrogens is 409 g/mol. The third kappa shape index (κ3) is 5.31. The highest BCUT2D eigenvalue weighted by atomic mass is 35.5. The van der Waals surface area contributed by atoms with Gasteiger partial charge in [-0.05, 0) is 37.1 Å². The van der Waals surface area contributed by atoms with E-state index in [1.165, 1.54) is 18.4 Å². The third-order valence-corrected chi connectivity index (χ3v) is 5.72. The lowest BCUT2D eigenvalue weighted by Gasteiger charge is -2.35. The molecule has 1 atom stereocenters. The van der Waals surface area contributed by atoms with Crippen LogP contribution < -0.4 is 5.32 Å². The van der Waals surface area contributed by atoms with E-state index in [-0.39, 0.29) is 36.8 Å². The van der Waals surface area contributed by atoms with Crippen molar-refractivity contribution in [2.24, 2.45) is 7.05 Å². The van der Waals surface area contributed by atoms with Crippen molar-refractivity contribution < 1.29 is 4.79 Å². The van der Waals surface area contributed by atoms with Crippen LogP contribution in [0.25, 0.3) is 0 Å². The highest BCUT2D eigenvalue weighted by Gasteiger charge is 2.31. The van der Waals surface area contributed by atoms with E-state index in [9.17, 15) is 4.79 Å². The normalized spacial score (nSPS) is 18.9. The summed E-state index contributed by atoms with van der Waals surface area (Å²) in [6.45, 7) is 6.53. The Balaban J connectivity index is 0.00000150. The molecule has 160 valence electrons. The molecule has 2 heterocycles.